The van der Waals surface area contributed by atoms with Crippen molar-refractivity contribution < 1.29 is 4.74 Å². The normalized spacial score (nSPS) is 11.1. The first kappa shape index (κ1) is 13.9. The third kappa shape index (κ3) is 8.52. The van der Waals surface area contributed by atoms with E-state index in [4.69, 9.17) is 4.74 Å². The van der Waals surface area contributed by atoms with Crippen LogP contribution in [0.1, 0.15) is 46.0 Å². The zero-order chi connectivity index (χ0) is 10.6. The smallest absolute Gasteiger partial charge is 0.0462 e. The highest BCUT2D eigenvalue weighted by Crippen LogP contribution is 2.04. The summed E-state index contributed by atoms with van der Waals surface area (Å²) < 4.78 is 5.01. The van der Waals surface area contributed by atoms with E-state index in [9.17, 15) is 0 Å². The van der Waals surface area contributed by atoms with Crippen LogP contribution in [0.5, 0.6) is 0 Å². The van der Waals surface area contributed by atoms with Crippen molar-refractivity contribution in [2.75, 3.05) is 33.4 Å². The van der Waals surface area contributed by atoms with Crippen molar-refractivity contribution in [2.24, 2.45) is 0 Å². The Morgan fingerprint density at radius 1 is 0.857 bits per heavy atom. The van der Waals surface area contributed by atoms with Crippen molar-refractivity contribution in [2.45, 2.75) is 46.0 Å². The Balaban J connectivity index is 3.04. The number of hydrogen-bond acceptors (Lipinski definition) is 2. The largest absolute Gasteiger partial charge is 0.385 e. The molecule has 0 fully saturated rings. The first-order valence-corrected chi connectivity index (χ1v) is 6.06. The quantitative estimate of drug-likeness (QED) is 0.504. The molecule has 2 nitrogen and oxygen atoms in total. The summed E-state index contributed by atoms with van der Waals surface area (Å²) in [6, 6.07) is 0. The molecule has 0 radical (unpaired) electrons. The summed E-state index contributed by atoms with van der Waals surface area (Å²) in [5, 5.41) is 0. The zero-order valence-electron chi connectivity index (χ0n) is 10.2. The molecular weight excluding hydrogens is 174 g/mol. The first-order chi connectivity index (χ1) is 6.85. The van der Waals surface area contributed by atoms with Gasteiger partial charge in [0.2, 0.25) is 0 Å². The number of nitrogens with zero attached hydrogens (tertiary/aromatic N) is 1. The summed E-state index contributed by atoms with van der Waals surface area (Å²) in [5.41, 5.74) is 0. The summed E-state index contributed by atoms with van der Waals surface area (Å²) in [6.45, 7) is 9.07. The number of methoxy groups -OCH3 is 1. The van der Waals surface area contributed by atoms with E-state index < -0.39 is 0 Å². The molecule has 0 spiro atoms. The molecule has 14 heavy (non-hydrogen) atoms. The van der Waals surface area contributed by atoms with Gasteiger partial charge in [-0.2, -0.15) is 0 Å². The van der Waals surface area contributed by atoms with Crippen LogP contribution in [0, 0.1) is 0 Å². The first-order valence-electron chi connectivity index (χ1n) is 6.06. The minimum absolute atomic E-state index is 0.927. The SMILES string of the molecule is CCN(CC)CCCCCCCOC. The molecule has 2 heteroatoms. The van der Waals surface area contributed by atoms with Crippen molar-refractivity contribution in [1.82, 2.24) is 4.90 Å². The van der Waals surface area contributed by atoms with Crippen LogP contribution in [0.15, 0.2) is 0 Å². The maximum absolute atomic E-state index is 5.01. The molecule has 0 aromatic carbocycles. The van der Waals surface area contributed by atoms with Crippen LogP contribution in [-0.4, -0.2) is 38.3 Å². The Kier molecular flexibility index (Phi) is 10.9. The molecule has 0 aliphatic carbocycles. The van der Waals surface area contributed by atoms with Crippen LogP contribution in [0.2, 0.25) is 0 Å². The second-order valence-corrected chi connectivity index (χ2v) is 3.79. The average Bonchev–Trinajstić information content (AvgIpc) is 2.22. The molecular formula is C12H27NO. The maximum atomic E-state index is 5.01. The maximum Gasteiger partial charge on any atom is 0.0462 e. The van der Waals surface area contributed by atoms with E-state index in [0.717, 1.165) is 6.61 Å². The lowest BCUT2D eigenvalue weighted by atomic mass is 10.1. The molecule has 0 atom stereocenters. The number of ether oxygens (including phenoxy) is 1. The number of unbranched alkanes of at least 4 members (excludes halogenated alkanes) is 4. The highest BCUT2D eigenvalue weighted by atomic mass is 16.5. The van der Waals surface area contributed by atoms with Crippen LogP contribution in [-0.2, 0) is 4.74 Å². The lowest BCUT2D eigenvalue weighted by Crippen LogP contribution is -2.23. The highest BCUT2D eigenvalue weighted by molar-refractivity contribution is 4.52. The fraction of sp³-hybridized carbons (Fsp3) is 1.00. The van der Waals surface area contributed by atoms with E-state index in [1.54, 1.807) is 7.11 Å². The minimum Gasteiger partial charge on any atom is -0.385 e. The molecule has 0 unspecified atom stereocenters. The molecule has 0 aliphatic rings. The van der Waals surface area contributed by atoms with Gasteiger partial charge in [-0.15, -0.1) is 0 Å². The topological polar surface area (TPSA) is 12.5 Å². The molecule has 0 saturated heterocycles. The summed E-state index contributed by atoms with van der Waals surface area (Å²) >= 11 is 0. The molecule has 86 valence electrons. The van der Waals surface area contributed by atoms with Crippen molar-refractivity contribution in [3.05, 3.63) is 0 Å². The molecule has 0 aromatic heterocycles. The summed E-state index contributed by atoms with van der Waals surface area (Å²) in [5.74, 6) is 0. The van der Waals surface area contributed by atoms with E-state index in [1.807, 2.05) is 0 Å². The van der Waals surface area contributed by atoms with E-state index in [0.29, 0.717) is 0 Å². The molecule has 0 rings (SSSR count). The van der Waals surface area contributed by atoms with Crippen molar-refractivity contribution in [1.29, 1.82) is 0 Å². The van der Waals surface area contributed by atoms with Crippen LogP contribution in [0.4, 0.5) is 0 Å². The zero-order valence-corrected chi connectivity index (χ0v) is 10.2. The lowest BCUT2D eigenvalue weighted by molar-refractivity contribution is 0.191. The molecule has 0 amide bonds. The molecule has 0 heterocycles. The monoisotopic (exact) mass is 201 g/mol. The van der Waals surface area contributed by atoms with Crippen molar-refractivity contribution >= 4 is 0 Å². The predicted molar refractivity (Wildman–Crippen MR) is 62.7 cm³/mol. The van der Waals surface area contributed by atoms with E-state index in [2.05, 4.69) is 18.7 Å². The Hall–Kier alpha value is -0.0800. The Bertz CT molecular complexity index is 102. The molecule has 0 aliphatic heterocycles. The summed E-state index contributed by atoms with van der Waals surface area (Å²) in [4.78, 5) is 2.50. The fourth-order valence-corrected chi connectivity index (χ4v) is 1.65. The van der Waals surface area contributed by atoms with E-state index in [1.165, 1.54) is 51.7 Å². The molecule has 0 saturated carbocycles. The number of rotatable bonds is 10. The van der Waals surface area contributed by atoms with E-state index >= 15 is 0 Å². The third-order valence-corrected chi connectivity index (χ3v) is 2.72. The minimum atomic E-state index is 0.927. The Morgan fingerprint density at radius 3 is 2.00 bits per heavy atom. The van der Waals surface area contributed by atoms with Crippen LogP contribution >= 0.6 is 0 Å². The van der Waals surface area contributed by atoms with Crippen LogP contribution in [0.3, 0.4) is 0 Å². The second kappa shape index (κ2) is 11.0. The van der Waals surface area contributed by atoms with Crippen molar-refractivity contribution in [3.8, 4) is 0 Å². The highest BCUT2D eigenvalue weighted by Gasteiger charge is 1.97. The Labute approximate surface area is 89.6 Å². The standard InChI is InChI=1S/C12H27NO/c1-4-13(5-2)11-9-7-6-8-10-12-14-3/h4-12H2,1-3H3. The number of hydrogen-bond donors (Lipinski definition) is 0. The van der Waals surface area contributed by atoms with Gasteiger partial charge >= 0.3 is 0 Å². The molecule has 0 bridgehead atoms. The van der Waals surface area contributed by atoms with Gasteiger partial charge in [0, 0.05) is 13.7 Å². The summed E-state index contributed by atoms with van der Waals surface area (Å²) in [7, 11) is 1.78. The Morgan fingerprint density at radius 2 is 1.43 bits per heavy atom. The summed E-state index contributed by atoms with van der Waals surface area (Å²) in [6.07, 6.45) is 6.65. The van der Waals surface area contributed by atoms with Crippen molar-refractivity contribution in [3.63, 3.8) is 0 Å². The van der Waals surface area contributed by atoms with Crippen LogP contribution in [0.25, 0.3) is 0 Å². The van der Waals surface area contributed by atoms with Gasteiger partial charge in [-0.3, -0.25) is 0 Å². The second-order valence-electron chi connectivity index (χ2n) is 3.79. The van der Waals surface area contributed by atoms with Gasteiger partial charge in [0.25, 0.3) is 0 Å². The van der Waals surface area contributed by atoms with Gasteiger partial charge in [-0.1, -0.05) is 33.1 Å². The predicted octanol–water partition coefficient (Wildman–Crippen LogP) is 2.93. The van der Waals surface area contributed by atoms with Gasteiger partial charge < -0.3 is 9.64 Å². The lowest BCUT2D eigenvalue weighted by Gasteiger charge is -2.17. The van der Waals surface area contributed by atoms with E-state index in [-0.39, 0.29) is 0 Å². The van der Waals surface area contributed by atoms with Gasteiger partial charge in [0.15, 0.2) is 0 Å². The van der Waals surface area contributed by atoms with Gasteiger partial charge in [0.05, 0.1) is 0 Å². The van der Waals surface area contributed by atoms with Gasteiger partial charge in [-0.25, -0.2) is 0 Å². The average molecular weight is 201 g/mol. The van der Waals surface area contributed by atoms with Crippen LogP contribution < -0.4 is 0 Å². The van der Waals surface area contributed by atoms with Gasteiger partial charge in [-0.05, 0) is 32.5 Å². The molecule has 0 N–H and O–H groups in total. The molecule has 0 aromatic rings. The fourth-order valence-electron chi connectivity index (χ4n) is 1.65. The van der Waals surface area contributed by atoms with Gasteiger partial charge in [0.1, 0.15) is 0 Å². The third-order valence-electron chi connectivity index (χ3n) is 2.72.